The van der Waals surface area contributed by atoms with Gasteiger partial charge < -0.3 is 9.84 Å². The smallest absolute Gasteiger partial charge is 0.301 e. The second-order valence-electron chi connectivity index (χ2n) is 7.85. The minimum Gasteiger partial charge on any atom is -0.507 e. The number of hydrogen-bond acceptors (Lipinski definition) is 8. The highest BCUT2D eigenvalue weighted by Crippen LogP contribution is 2.44. The molecule has 9 nitrogen and oxygen atoms in total. The van der Waals surface area contributed by atoms with Gasteiger partial charge in [-0.05, 0) is 60.2 Å². The van der Waals surface area contributed by atoms with E-state index in [9.17, 15) is 24.8 Å². The highest BCUT2D eigenvalue weighted by atomic mass is 35.5. The van der Waals surface area contributed by atoms with Crippen molar-refractivity contribution in [1.29, 1.82) is 0 Å². The van der Waals surface area contributed by atoms with Gasteiger partial charge >= 0.3 is 5.91 Å². The van der Waals surface area contributed by atoms with E-state index >= 15 is 0 Å². The van der Waals surface area contributed by atoms with Crippen LogP contribution in [0.4, 0.5) is 10.8 Å². The third kappa shape index (κ3) is 3.96. The van der Waals surface area contributed by atoms with Gasteiger partial charge in [-0.3, -0.25) is 24.6 Å². The van der Waals surface area contributed by atoms with Gasteiger partial charge in [0.25, 0.3) is 11.5 Å². The van der Waals surface area contributed by atoms with Gasteiger partial charge in [0, 0.05) is 22.7 Å². The molecule has 1 N–H and O–H groups in total. The number of ether oxygens (including phenoxy) is 1. The van der Waals surface area contributed by atoms with E-state index in [1.165, 1.54) is 36.3 Å². The van der Waals surface area contributed by atoms with Crippen LogP contribution in [0.3, 0.4) is 0 Å². The Morgan fingerprint density at radius 2 is 1.81 bits per heavy atom. The molecule has 11 heteroatoms. The van der Waals surface area contributed by atoms with Gasteiger partial charge in [0.15, 0.2) is 5.13 Å². The number of ketones is 1. The molecule has 1 saturated heterocycles. The van der Waals surface area contributed by atoms with Crippen LogP contribution in [-0.2, 0) is 9.59 Å². The van der Waals surface area contributed by atoms with Crippen LogP contribution in [0, 0.1) is 10.1 Å². The van der Waals surface area contributed by atoms with Gasteiger partial charge in [0.05, 0.1) is 33.9 Å². The number of aromatic nitrogens is 1. The topological polar surface area (TPSA) is 123 Å². The van der Waals surface area contributed by atoms with Crippen LogP contribution < -0.4 is 9.64 Å². The highest BCUT2D eigenvalue weighted by Gasteiger charge is 2.48. The Hall–Kier alpha value is -4.28. The fourth-order valence-corrected chi connectivity index (χ4v) is 5.29. The van der Waals surface area contributed by atoms with E-state index in [1.54, 1.807) is 42.5 Å². The van der Waals surface area contributed by atoms with E-state index < -0.39 is 22.7 Å². The number of Topliss-reactive ketones (excluding diaryl/α,β-unsaturated/α-hetero) is 1. The lowest BCUT2D eigenvalue weighted by atomic mass is 9.95. The number of nitro groups is 1. The Bertz CT molecular complexity index is 1560. The van der Waals surface area contributed by atoms with Gasteiger partial charge in [0.2, 0.25) is 0 Å². The van der Waals surface area contributed by atoms with Crippen LogP contribution >= 0.6 is 22.9 Å². The van der Waals surface area contributed by atoms with Gasteiger partial charge in [-0.25, -0.2) is 4.98 Å². The summed E-state index contributed by atoms with van der Waals surface area (Å²) in [6, 6.07) is 15.8. The lowest BCUT2D eigenvalue weighted by molar-refractivity contribution is -0.384. The lowest BCUT2D eigenvalue weighted by Gasteiger charge is -2.22. The summed E-state index contributed by atoms with van der Waals surface area (Å²) in [5.74, 6) is -1.61. The zero-order chi connectivity index (χ0) is 25.6. The molecule has 0 saturated carbocycles. The highest BCUT2D eigenvalue weighted by molar-refractivity contribution is 7.22. The van der Waals surface area contributed by atoms with Gasteiger partial charge in [-0.2, -0.15) is 0 Å². The number of carbonyl (C=O) groups is 2. The number of rotatable bonds is 5. The molecular weight excluding hydrogens is 506 g/mol. The van der Waals surface area contributed by atoms with Crippen molar-refractivity contribution in [1.82, 2.24) is 4.98 Å². The summed E-state index contributed by atoms with van der Waals surface area (Å²) < 4.78 is 5.85. The number of carbonyl (C=O) groups excluding carboxylic acids is 2. The maximum absolute atomic E-state index is 13.3. The average Bonchev–Trinajstić information content (AvgIpc) is 3.41. The molecule has 1 amide bonds. The van der Waals surface area contributed by atoms with Crippen LogP contribution in [0.1, 0.15) is 17.2 Å². The Kier molecular flexibility index (Phi) is 5.91. The van der Waals surface area contributed by atoms with E-state index in [1.807, 2.05) is 0 Å². The van der Waals surface area contributed by atoms with Gasteiger partial charge in [-0.1, -0.05) is 22.9 Å². The quantitative estimate of drug-likeness (QED) is 0.121. The molecular formula is C25H16ClN3O6S. The number of nitro benzene ring substituents is 1. The molecule has 2 heterocycles. The van der Waals surface area contributed by atoms with E-state index in [0.717, 1.165) is 11.3 Å². The normalized spacial score (nSPS) is 17.1. The summed E-state index contributed by atoms with van der Waals surface area (Å²) in [6.45, 7) is 0. The Balaban J connectivity index is 1.70. The maximum Gasteiger partial charge on any atom is 0.301 e. The zero-order valence-corrected chi connectivity index (χ0v) is 20.1. The molecule has 0 radical (unpaired) electrons. The first-order valence-corrected chi connectivity index (χ1v) is 11.7. The predicted molar refractivity (Wildman–Crippen MR) is 136 cm³/mol. The molecule has 4 aromatic rings. The summed E-state index contributed by atoms with van der Waals surface area (Å²) in [6.07, 6.45) is 0. The van der Waals surface area contributed by atoms with Crippen LogP contribution in [0.2, 0.25) is 5.02 Å². The first-order chi connectivity index (χ1) is 17.3. The van der Waals surface area contributed by atoms with Crippen LogP contribution in [0.15, 0.2) is 72.3 Å². The molecule has 1 atom stereocenters. The largest absolute Gasteiger partial charge is 0.507 e. The van der Waals surface area contributed by atoms with Crippen LogP contribution in [-0.4, -0.2) is 33.8 Å². The van der Waals surface area contributed by atoms with Crippen molar-refractivity contribution in [3.63, 3.8) is 0 Å². The number of aliphatic hydroxyl groups excluding tert-OH is 1. The molecule has 0 aliphatic carbocycles. The fraction of sp³-hybridized carbons (Fsp3) is 0.0800. The minimum atomic E-state index is -1.07. The van der Waals surface area contributed by atoms with E-state index in [2.05, 4.69) is 4.98 Å². The minimum absolute atomic E-state index is 0.152. The van der Waals surface area contributed by atoms with E-state index in [0.29, 0.717) is 32.1 Å². The molecule has 0 bridgehead atoms. The summed E-state index contributed by atoms with van der Waals surface area (Å²) in [4.78, 5) is 42.9. The number of thiazole rings is 1. The number of aliphatic hydroxyl groups is 1. The summed E-state index contributed by atoms with van der Waals surface area (Å²) in [5.41, 5.74) is 0.972. The molecule has 1 aliphatic heterocycles. The van der Waals surface area contributed by atoms with Crippen LogP contribution in [0.25, 0.3) is 16.0 Å². The number of methoxy groups -OCH3 is 1. The third-order valence-electron chi connectivity index (χ3n) is 5.77. The lowest BCUT2D eigenvalue weighted by Crippen LogP contribution is -2.29. The molecule has 3 aromatic carbocycles. The maximum atomic E-state index is 13.3. The number of amides is 1. The van der Waals surface area contributed by atoms with Crippen molar-refractivity contribution in [3.05, 3.63) is 98.6 Å². The molecule has 0 spiro atoms. The molecule has 180 valence electrons. The Morgan fingerprint density at radius 3 is 2.44 bits per heavy atom. The van der Waals surface area contributed by atoms with Crippen molar-refractivity contribution in [2.24, 2.45) is 0 Å². The summed E-state index contributed by atoms with van der Waals surface area (Å²) in [5, 5.41) is 23.1. The number of anilines is 1. The van der Waals surface area contributed by atoms with Gasteiger partial charge in [0.1, 0.15) is 11.5 Å². The number of benzene rings is 3. The van der Waals surface area contributed by atoms with E-state index in [4.69, 9.17) is 16.3 Å². The number of hydrogen-bond donors (Lipinski definition) is 1. The van der Waals surface area contributed by atoms with Crippen molar-refractivity contribution in [2.75, 3.05) is 12.0 Å². The summed E-state index contributed by atoms with van der Waals surface area (Å²) >= 11 is 7.26. The second-order valence-corrected chi connectivity index (χ2v) is 9.30. The van der Waals surface area contributed by atoms with Gasteiger partial charge in [-0.15, -0.1) is 0 Å². The molecule has 1 aliphatic rings. The van der Waals surface area contributed by atoms with Crippen molar-refractivity contribution in [2.45, 2.75) is 6.04 Å². The monoisotopic (exact) mass is 521 g/mol. The number of halogens is 1. The number of non-ortho nitro benzene ring substituents is 1. The van der Waals surface area contributed by atoms with Crippen molar-refractivity contribution >= 4 is 61.4 Å². The average molecular weight is 522 g/mol. The SMILES string of the molecule is COc1ccc(/C(O)=C2\C(=O)C(=O)N(c3nc4ccc(Cl)cc4s3)C2c2ccc([N+](=O)[O-])cc2)cc1. The second kappa shape index (κ2) is 9.06. The number of fused-ring (bicyclic) bond motifs is 1. The Morgan fingerprint density at radius 1 is 1.11 bits per heavy atom. The molecule has 1 aromatic heterocycles. The first-order valence-electron chi connectivity index (χ1n) is 10.5. The zero-order valence-electron chi connectivity index (χ0n) is 18.5. The van der Waals surface area contributed by atoms with Crippen LogP contribution in [0.5, 0.6) is 5.75 Å². The first kappa shape index (κ1) is 23.5. The fourth-order valence-electron chi connectivity index (χ4n) is 4.02. The molecule has 1 fully saturated rings. The predicted octanol–water partition coefficient (Wildman–Crippen LogP) is 5.49. The Labute approximate surface area is 213 Å². The molecule has 1 unspecified atom stereocenters. The standard InChI is InChI=1S/C25H16ClN3O6S/c1-35-17-9-4-14(5-10-17)22(30)20-21(13-2-7-16(8-3-13)29(33)34)28(24(32)23(20)31)25-27-18-11-6-15(26)12-19(18)36-25/h2-12,21,30H,1H3/b22-20+. The third-order valence-corrected chi connectivity index (χ3v) is 7.03. The summed E-state index contributed by atoms with van der Waals surface area (Å²) in [7, 11) is 1.50. The number of nitrogens with zero attached hydrogens (tertiary/aromatic N) is 3. The van der Waals surface area contributed by atoms with E-state index in [-0.39, 0.29) is 22.2 Å². The molecule has 5 rings (SSSR count). The van der Waals surface area contributed by atoms with Crippen molar-refractivity contribution in [3.8, 4) is 5.75 Å². The molecule has 36 heavy (non-hydrogen) atoms. The van der Waals surface area contributed by atoms with Crippen molar-refractivity contribution < 1.29 is 24.4 Å².